The Morgan fingerprint density at radius 2 is 1.86 bits per heavy atom. The molecule has 0 aliphatic rings. The van der Waals surface area contributed by atoms with E-state index in [1.807, 2.05) is 12.1 Å². The summed E-state index contributed by atoms with van der Waals surface area (Å²) in [6.07, 6.45) is 1.71. The highest BCUT2D eigenvalue weighted by Gasteiger charge is 2.13. The zero-order chi connectivity index (χ0) is 16.6. The summed E-state index contributed by atoms with van der Waals surface area (Å²) in [6, 6.07) is 8.12. The molecule has 1 rings (SSSR count). The molecule has 1 aromatic rings. The molecule has 124 valence electrons. The van der Waals surface area contributed by atoms with Gasteiger partial charge in [-0.05, 0) is 49.7 Å². The van der Waals surface area contributed by atoms with E-state index in [4.69, 9.17) is 12.2 Å². The number of thiocarbonyl (C=S) groups is 1. The number of sulfonamides is 1. The zero-order valence-electron chi connectivity index (χ0n) is 13.4. The van der Waals surface area contributed by atoms with Gasteiger partial charge in [0, 0.05) is 25.8 Å². The number of nitrogens with one attached hydrogen (secondary N) is 2. The molecule has 7 heteroatoms. The summed E-state index contributed by atoms with van der Waals surface area (Å²) in [5.41, 5.74) is 2.23. The molecule has 0 amide bonds. The van der Waals surface area contributed by atoms with Crippen LogP contribution in [0.3, 0.4) is 0 Å². The first kappa shape index (κ1) is 18.9. The maximum atomic E-state index is 11.6. The van der Waals surface area contributed by atoms with E-state index in [0.29, 0.717) is 24.6 Å². The molecular formula is C15H25N3O2S2. The van der Waals surface area contributed by atoms with Gasteiger partial charge in [-0.25, -0.2) is 12.7 Å². The monoisotopic (exact) mass is 343 g/mol. The molecule has 0 aromatic heterocycles. The van der Waals surface area contributed by atoms with Crippen molar-refractivity contribution in [2.24, 2.45) is 0 Å². The molecule has 0 aliphatic heterocycles. The Balaban J connectivity index is 2.28. The molecule has 1 aromatic carbocycles. The lowest BCUT2D eigenvalue weighted by Crippen LogP contribution is -2.33. The Hall–Kier alpha value is -1.18. The molecule has 0 fully saturated rings. The second-order valence-corrected chi connectivity index (χ2v) is 7.78. The molecule has 5 nitrogen and oxygen atoms in total. The van der Waals surface area contributed by atoms with Crippen molar-refractivity contribution in [2.75, 3.05) is 31.2 Å². The molecule has 0 heterocycles. The van der Waals surface area contributed by atoms with Gasteiger partial charge in [0.25, 0.3) is 0 Å². The van der Waals surface area contributed by atoms with Crippen molar-refractivity contribution >= 4 is 33.0 Å². The van der Waals surface area contributed by atoms with E-state index in [9.17, 15) is 8.42 Å². The van der Waals surface area contributed by atoms with Crippen molar-refractivity contribution in [1.82, 2.24) is 9.62 Å². The topological polar surface area (TPSA) is 61.4 Å². The van der Waals surface area contributed by atoms with Gasteiger partial charge in [-0.2, -0.15) is 0 Å². The lowest BCUT2D eigenvalue weighted by Gasteiger charge is -2.16. The van der Waals surface area contributed by atoms with Gasteiger partial charge < -0.3 is 10.6 Å². The fraction of sp³-hybridized carbons (Fsp3) is 0.533. The average molecular weight is 344 g/mol. The fourth-order valence-corrected chi connectivity index (χ4v) is 2.93. The van der Waals surface area contributed by atoms with Gasteiger partial charge in [0.2, 0.25) is 10.0 Å². The third kappa shape index (κ3) is 6.29. The predicted molar refractivity (Wildman–Crippen MR) is 96.8 cm³/mol. The summed E-state index contributed by atoms with van der Waals surface area (Å²) < 4.78 is 24.6. The van der Waals surface area contributed by atoms with Crippen LogP contribution in [0.25, 0.3) is 0 Å². The average Bonchev–Trinajstić information content (AvgIpc) is 2.52. The highest BCUT2D eigenvalue weighted by molar-refractivity contribution is 7.89. The molecule has 0 aliphatic carbocycles. The molecule has 0 bridgehead atoms. The van der Waals surface area contributed by atoms with Crippen LogP contribution in [0.5, 0.6) is 0 Å². The van der Waals surface area contributed by atoms with Crippen LogP contribution >= 0.6 is 12.2 Å². The van der Waals surface area contributed by atoms with Gasteiger partial charge in [0.15, 0.2) is 5.11 Å². The van der Waals surface area contributed by atoms with Crippen LogP contribution < -0.4 is 10.6 Å². The van der Waals surface area contributed by atoms with Crippen LogP contribution in [0.4, 0.5) is 5.69 Å². The van der Waals surface area contributed by atoms with Crippen LogP contribution in [0.1, 0.15) is 25.8 Å². The third-order valence-electron chi connectivity index (χ3n) is 3.40. The highest BCUT2D eigenvalue weighted by Crippen LogP contribution is 2.09. The van der Waals surface area contributed by atoms with E-state index in [1.165, 1.54) is 9.87 Å². The lowest BCUT2D eigenvalue weighted by atomic mass is 10.1. The van der Waals surface area contributed by atoms with Crippen molar-refractivity contribution < 1.29 is 8.42 Å². The van der Waals surface area contributed by atoms with Crippen LogP contribution in [-0.4, -0.2) is 43.7 Å². The third-order valence-corrected chi connectivity index (χ3v) is 5.50. The van der Waals surface area contributed by atoms with Gasteiger partial charge in [-0.15, -0.1) is 0 Å². The zero-order valence-corrected chi connectivity index (χ0v) is 15.1. The molecule has 22 heavy (non-hydrogen) atoms. The molecule has 0 radical (unpaired) electrons. The van der Waals surface area contributed by atoms with E-state index >= 15 is 0 Å². The molecule has 2 N–H and O–H groups in total. The Morgan fingerprint density at radius 3 is 2.41 bits per heavy atom. The standard InChI is InChI=1S/C15H25N3O2S2/c1-4-13-7-9-14(10-8-13)17-15(21)16-11-6-12-18(3)22(19,20)5-2/h7-10H,4-6,11-12H2,1-3H3,(H2,16,17,21). The second-order valence-electron chi connectivity index (χ2n) is 5.01. The summed E-state index contributed by atoms with van der Waals surface area (Å²) in [7, 11) is -1.50. The number of rotatable bonds is 8. The highest BCUT2D eigenvalue weighted by atomic mass is 32.2. The number of benzene rings is 1. The Labute approximate surface area is 139 Å². The van der Waals surface area contributed by atoms with Gasteiger partial charge in [-0.1, -0.05) is 19.1 Å². The Morgan fingerprint density at radius 1 is 1.23 bits per heavy atom. The first-order chi connectivity index (χ1) is 10.4. The molecule has 0 saturated heterocycles. The SMILES string of the molecule is CCc1ccc(NC(=S)NCCCN(C)S(=O)(=O)CC)cc1. The summed E-state index contributed by atoms with van der Waals surface area (Å²) >= 11 is 5.22. The van der Waals surface area contributed by atoms with Crippen LogP contribution in [-0.2, 0) is 16.4 Å². The van der Waals surface area contributed by atoms with E-state index in [0.717, 1.165) is 12.1 Å². The number of hydrogen-bond acceptors (Lipinski definition) is 3. The maximum Gasteiger partial charge on any atom is 0.213 e. The van der Waals surface area contributed by atoms with E-state index in [-0.39, 0.29) is 5.75 Å². The van der Waals surface area contributed by atoms with E-state index in [2.05, 4.69) is 29.7 Å². The second kappa shape index (κ2) is 9.07. The molecule has 0 spiro atoms. The molecule has 0 saturated carbocycles. The number of nitrogens with zero attached hydrogens (tertiary/aromatic N) is 1. The summed E-state index contributed by atoms with van der Waals surface area (Å²) in [5, 5.41) is 6.74. The predicted octanol–water partition coefficient (Wildman–Crippen LogP) is 2.21. The number of anilines is 1. The maximum absolute atomic E-state index is 11.6. The Kier molecular flexibility index (Phi) is 7.78. The van der Waals surface area contributed by atoms with Crippen LogP contribution in [0.15, 0.2) is 24.3 Å². The number of hydrogen-bond donors (Lipinski definition) is 2. The smallest absolute Gasteiger partial charge is 0.213 e. The van der Waals surface area contributed by atoms with Gasteiger partial charge in [0.05, 0.1) is 5.75 Å². The van der Waals surface area contributed by atoms with Gasteiger partial charge in [0.1, 0.15) is 0 Å². The van der Waals surface area contributed by atoms with Crippen molar-refractivity contribution in [1.29, 1.82) is 0 Å². The van der Waals surface area contributed by atoms with E-state index < -0.39 is 10.0 Å². The van der Waals surface area contributed by atoms with Crippen molar-refractivity contribution in [3.05, 3.63) is 29.8 Å². The largest absolute Gasteiger partial charge is 0.362 e. The quantitative estimate of drug-likeness (QED) is 0.560. The molecule has 0 atom stereocenters. The van der Waals surface area contributed by atoms with Crippen LogP contribution in [0.2, 0.25) is 0 Å². The summed E-state index contributed by atoms with van der Waals surface area (Å²) in [4.78, 5) is 0. The summed E-state index contributed by atoms with van der Waals surface area (Å²) in [5.74, 6) is 0.130. The van der Waals surface area contributed by atoms with Crippen LogP contribution in [0, 0.1) is 0 Å². The van der Waals surface area contributed by atoms with Gasteiger partial charge >= 0.3 is 0 Å². The first-order valence-electron chi connectivity index (χ1n) is 7.46. The Bertz CT molecular complexity index is 571. The lowest BCUT2D eigenvalue weighted by molar-refractivity contribution is 0.462. The first-order valence-corrected chi connectivity index (χ1v) is 9.48. The number of aryl methyl sites for hydroxylation is 1. The molecular weight excluding hydrogens is 318 g/mol. The minimum absolute atomic E-state index is 0.130. The molecule has 0 unspecified atom stereocenters. The normalized spacial score (nSPS) is 11.5. The minimum atomic E-state index is -3.10. The fourth-order valence-electron chi connectivity index (χ4n) is 1.86. The van der Waals surface area contributed by atoms with Gasteiger partial charge in [-0.3, -0.25) is 0 Å². The summed E-state index contributed by atoms with van der Waals surface area (Å²) in [6.45, 7) is 4.87. The van der Waals surface area contributed by atoms with Crippen molar-refractivity contribution in [2.45, 2.75) is 26.7 Å². The minimum Gasteiger partial charge on any atom is -0.362 e. The van der Waals surface area contributed by atoms with Crippen molar-refractivity contribution in [3.8, 4) is 0 Å². The van der Waals surface area contributed by atoms with Crippen molar-refractivity contribution in [3.63, 3.8) is 0 Å². The van der Waals surface area contributed by atoms with E-state index in [1.54, 1.807) is 14.0 Å².